The highest BCUT2D eigenvalue weighted by Crippen LogP contribution is 2.25. The van der Waals surface area contributed by atoms with Crippen LogP contribution < -0.4 is 15.2 Å². The molecule has 0 spiro atoms. The molecule has 0 aliphatic rings. The van der Waals surface area contributed by atoms with Crippen molar-refractivity contribution < 1.29 is 9.47 Å². The van der Waals surface area contributed by atoms with E-state index >= 15 is 0 Å². The fraction of sp³-hybridized carbons (Fsp3) is 0.133. The third-order valence-corrected chi connectivity index (χ3v) is 2.98. The van der Waals surface area contributed by atoms with Crippen LogP contribution in [0, 0.1) is 6.92 Å². The molecule has 0 fully saturated rings. The fourth-order valence-electron chi connectivity index (χ4n) is 1.76. The molecule has 2 aromatic carbocycles. The zero-order valence-corrected chi connectivity index (χ0v) is 11.7. The Morgan fingerprint density at radius 2 is 1.58 bits per heavy atom. The molecular weight excluding hydrogens is 258 g/mol. The summed E-state index contributed by atoms with van der Waals surface area (Å²) in [4.78, 5) is 0.397. The van der Waals surface area contributed by atoms with E-state index < -0.39 is 0 Å². The quantitative estimate of drug-likeness (QED) is 0.867. The Morgan fingerprint density at radius 1 is 1.00 bits per heavy atom. The van der Waals surface area contributed by atoms with E-state index in [9.17, 15) is 0 Å². The summed E-state index contributed by atoms with van der Waals surface area (Å²) in [6.45, 7) is 1.95. The second-order valence-corrected chi connectivity index (χ2v) is 4.56. The van der Waals surface area contributed by atoms with E-state index in [4.69, 9.17) is 27.4 Å². The highest BCUT2D eigenvalue weighted by Gasteiger charge is 2.04. The van der Waals surface area contributed by atoms with Gasteiger partial charge in [0.2, 0.25) is 0 Å². The minimum Gasteiger partial charge on any atom is -0.497 e. The summed E-state index contributed by atoms with van der Waals surface area (Å²) in [5.41, 5.74) is 7.50. The van der Waals surface area contributed by atoms with E-state index in [0.29, 0.717) is 4.99 Å². The smallest absolute Gasteiger partial charge is 0.127 e. The van der Waals surface area contributed by atoms with Gasteiger partial charge in [-0.2, -0.15) is 0 Å². The number of rotatable bonds is 4. The molecule has 0 saturated carbocycles. The van der Waals surface area contributed by atoms with Crippen LogP contribution in [0.25, 0.3) is 0 Å². The molecule has 0 amide bonds. The van der Waals surface area contributed by atoms with Crippen molar-refractivity contribution in [2.24, 2.45) is 5.73 Å². The molecule has 4 heteroatoms. The van der Waals surface area contributed by atoms with Crippen LogP contribution in [0.15, 0.2) is 42.5 Å². The van der Waals surface area contributed by atoms with Gasteiger partial charge < -0.3 is 15.2 Å². The summed E-state index contributed by atoms with van der Waals surface area (Å²) in [6, 6.07) is 13.1. The lowest BCUT2D eigenvalue weighted by Crippen LogP contribution is -2.10. The average molecular weight is 273 g/mol. The van der Waals surface area contributed by atoms with E-state index in [1.807, 2.05) is 49.4 Å². The first kappa shape index (κ1) is 13.4. The summed E-state index contributed by atoms with van der Waals surface area (Å²) < 4.78 is 10.9. The summed E-state index contributed by atoms with van der Waals surface area (Å²) in [5, 5.41) is 0. The van der Waals surface area contributed by atoms with E-state index in [2.05, 4.69) is 0 Å². The van der Waals surface area contributed by atoms with E-state index in [-0.39, 0.29) is 0 Å². The van der Waals surface area contributed by atoms with Gasteiger partial charge in [0.15, 0.2) is 0 Å². The lowest BCUT2D eigenvalue weighted by molar-refractivity contribution is 0.413. The first-order chi connectivity index (χ1) is 9.10. The van der Waals surface area contributed by atoms with E-state index in [1.165, 1.54) is 0 Å². The number of hydrogen-bond acceptors (Lipinski definition) is 3. The second-order valence-electron chi connectivity index (χ2n) is 4.12. The molecule has 0 aliphatic carbocycles. The predicted molar refractivity (Wildman–Crippen MR) is 80.1 cm³/mol. The predicted octanol–water partition coefficient (Wildman–Crippen LogP) is 3.43. The van der Waals surface area contributed by atoms with Crippen LogP contribution in [-0.2, 0) is 0 Å². The molecule has 2 rings (SSSR count). The van der Waals surface area contributed by atoms with Crippen LogP contribution >= 0.6 is 12.2 Å². The third kappa shape index (κ3) is 3.23. The van der Waals surface area contributed by atoms with Crippen molar-refractivity contribution in [1.29, 1.82) is 0 Å². The van der Waals surface area contributed by atoms with Crippen molar-refractivity contribution in [2.75, 3.05) is 7.11 Å². The van der Waals surface area contributed by atoms with E-state index in [1.54, 1.807) is 7.11 Å². The number of methoxy groups -OCH3 is 1. The number of thiocarbonyl (C=S) groups is 1. The molecule has 3 nitrogen and oxygen atoms in total. The van der Waals surface area contributed by atoms with Crippen molar-refractivity contribution in [3.05, 3.63) is 53.6 Å². The van der Waals surface area contributed by atoms with Crippen LogP contribution in [-0.4, -0.2) is 12.1 Å². The van der Waals surface area contributed by atoms with Gasteiger partial charge in [0.25, 0.3) is 0 Å². The molecule has 2 aromatic rings. The maximum absolute atomic E-state index is 5.75. The lowest BCUT2D eigenvalue weighted by Gasteiger charge is -2.09. The first-order valence-corrected chi connectivity index (χ1v) is 6.23. The zero-order chi connectivity index (χ0) is 13.8. The molecule has 0 bridgehead atoms. The highest BCUT2D eigenvalue weighted by atomic mass is 32.1. The largest absolute Gasteiger partial charge is 0.497 e. The second kappa shape index (κ2) is 5.71. The van der Waals surface area contributed by atoms with Crippen molar-refractivity contribution >= 4 is 17.2 Å². The van der Waals surface area contributed by atoms with E-state index in [0.717, 1.165) is 28.4 Å². The van der Waals surface area contributed by atoms with Crippen molar-refractivity contribution in [1.82, 2.24) is 0 Å². The topological polar surface area (TPSA) is 44.5 Å². The maximum Gasteiger partial charge on any atom is 0.127 e. The van der Waals surface area contributed by atoms with Gasteiger partial charge in [0.05, 0.1) is 7.11 Å². The number of nitrogens with two attached hydrogens (primary N) is 1. The van der Waals surface area contributed by atoms with Gasteiger partial charge in [-0.25, -0.2) is 0 Å². The number of hydrogen-bond donors (Lipinski definition) is 1. The lowest BCUT2D eigenvalue weighted by atomic mass is 10.1. The highest BCUT2D eigenvalue weighted by molar-refractivity contribution is 7.80. The molecule has 2 N–H and O–H groups in total. The Hall–Kier alpha value is -2.07. The van der Waals surface area contributed by atoms with Gasteiger partial charge in [-0.3, -0.25) is 0 Å². The van der Waals surface area contributed by atoms with Gasteiger partial charge in [-0.1, -0.05) is 12.2 Å². The number of ether oxygens (including phenoxy) is 2. The van der Waals surface area contributed by atoms with Crippen molar-refractivity contribution in [3.63, 3.8) is 0 Å². The Labute approximate surface area is 118 Å². The van der Waals surface area contributed by atoms with Crippen LogP contribution in [0.5, 0.6) is 17.2 Å². The van der Waals surface area contributed by atoms with Crippen LogP contribution in [0.3, 0.4) is 0 Å². The Bertz CT molecular complexity index is 594. The van der Waals surface area contributed by atoms with Gasteiger partial charge in [0, 0.05) is 5.56 Å². The van der Waals surface area contributed by atoms with Crippen molar-refractivity contribution in [3.8, 4) is 17.2 Å². The average Bonchev–Trinajstić information content (AvgIpc) is 2.39. The third-order valence-electron chi connectivity index (χ3n) is 2.76. The summed E-state index contributed by atoms with van der Waals surface area (Å²) >= 11 is 4.97. The normalized spacial score (nSPS) is 10.0. The van der Waals surface area contributed by atoms with Crippen LogP contribution in [0.2, 0.25) is 0 Å². The number of benzene rings is 2. The molecule has 0 aliphatic heterocycles. The van der Waals surface area contributed by atoms with Gasteiger partial charge in [-0.15, -0.1) is 0 Å². The van der Waals surface area contributed by atoms with Gasteiger partial charge in [0.1, 0.15) is 22.2 Å². The van der Waals surface area contributed by atoms with Crippen LogP contribution in [0.4, 0.5) is 0 Å². The molecule has 0 heterocycles. The molecule has 0 unspecified atom stereocenters. The molecular formula is C15H15NO2S. The summed E-state index contributed by atoms with van der Waals surface area (Å²) in [5.74, 6) is 2.30. The molecule has 0 saturated heterocycles. The monoisotopic (exact) mass is 273 g/mol. The Morgan fingerprint density at radius 3 is 2.11 bits per heavy atom. The number of aryl methyl sites for hydroxylation is 1. The maximum atomic E-state index is 5.75. The first-order valence-electron chi connectivity index (χ1n) is 5.82. The minimum absolute atomic E-state index is 0.397. The Kier molecular flexibility index (Phi) is 4.02. The van der Waals surface area contributed by atoms with Gasteiger partial charge >= 0.3 is 0 Å². The molecule has 0 atom stereocenters. The Balaban J connectivity index is 2.18. The molecule has 0 radical (unpaired) electrons. The fourth-order valence-corrected chi connectivity index (χ4v) is 1.98. The van der Waals surface area contributed by atoms with Crippen molar-refractivity contribution in [2.45, 2.75) is 6.92 Å². The SMILES string of the molecule is COc1ccc(Oc2ccc(C(N)=S)c(C)c2)cc1. The molecule has 98 valence electrons. The molecule has 0 aromatic heterocycles. The van der Waals surface area contributed by atoms with Crippen LogP contribution in [0.1, 0.15) is 11.1 Å². The summed E-state index contributed by atoms with van der Waals surface area (Å²) in [6.07, 6.45) is 0. The zero-order valence-electron chi connectivity index (χ0n) is 10.8. The summed E-state index contributed by atoms with van der Waals surface area (Å²) in [7, 11) is 1.63. The standard InChI is InChI=1S/C15H15NO2S/c1-10-9-13(7-8-14(10)15(16)19)18-12-5-3-11(17-2)4-6-12/h3-9H,1-2H3,(H2,16,19). The minimum atomic E-state index is 0.397. The van der Waals surface area contributed by atoms with Gasteiger partial charge in [-0.05, 0) is 55.0 Å². The molecule has 19 heavy (non-hydrogen) atoms.